The van der Waals surface area contributed by atoms with Crippen molar-refractivity contribution in [3.8, 4) is 0 Å². The van der Waals surface area contributed by atoms with Gasteiger partial charge in [-0.25, -0.2) is 4.79 Å². The van der Waals surface area contributed by atoms with Crippen molar-refractivity contribution in [3.63, 3.8) is 0 Å². The molecule has 0 aliphatic carbocycles. The Labute approximate surface area is 65.6 Å². The van der Waals surface area contributed by atoms with Gasteiger partial charge in [0, 0.05) is 6.92 Å². The van der Waals surface area contributed by atoms with E-state index in [4.69, 9.17) is 5.11 Å². The standard InChI is InChI=1S/C7H12NO3/c1-4(2)6(7(10)11)8-5(3)9/h4,6H,3H2,1-2H3,(H,8,9)(H,10,11). The maximum Gasteiger partial charge on any atom is 0.326 e. The zero-order valence-electron chi connectivity index (χ0n) is 6.63. The first kappa shape index (κ1) is 9.94. The summed E-state index contributed by atoms with van der Waals surface area (Å²) in [6.07, 6.45) is 0. The van der Waals surface area contributed by atoms with Gasteiger partial charge in [-0.3, -0.25) is 4.79 Å². The molecule has 0 saturated heterocycles. The molecule has 4 heteroatoms. The highest BCUT2D eigenvalue weighted by Crippen LogP contribution is 2.00. The second-order valence-corrected chi connectivity index (χ2v) is 2.63. The van der Waals surface area contributed by atoms with Gasteiger partial charge in [0.15, 0.2) is 0 Å². The SMILES string of the molecule is [CH2]C(=O)NC(C(=O)O)C(C)C. The first-order valence-corrected chi connectivity index (χ1v) is 3.30. The van der Waals surface area contributed by atoms with Crippen LogP contribution in [0.1, 0.15) is 13.8 Å². The maximum atomic E-state index is 10.4. The summed E-state index contributed by atoms with van der Waals surface area (Å²) in [6.45, 7) is 6.46. The van der Waals surface area contributed by atoms with E-state index < -0.39 is 17.9 Å². The van der Waals surface area contributed by atoms with Crippen molar-refractivity contribution in [1.29, 1.82) is 0 Å². The lowest BCUT2D eigenvalue weighted by Crippen LogP contribution is -2.43. The van der Waals surface area contributed by atoms with Crippen molar-refractivity contribution in [1.82, 2.24) is 5.32 Å². The van der Waals surface area contributed by atoms with Crippen LogP contribution in [0.15, 0.2) is 0 Å². The molecule has 2 N–H and O–H groups in total. The molecule has 0 saturated carbocycles. The molecule has 1 atom stereocenters. The first-order chi connectivity index (χ1) is 4.95. The van der Waals surface area contributed by atoms with E-state index in [0.29, 0.717) is 0 Å². The summed E-state index contributed by atoms with van der Waals surface area (Å²) in [4.78, 5) is 20.8. The molecule has 0 aliphatic rings. The van der Waals surface area contributed by atoms with Gasteiger partial charge in [0.05, 0.1) is 0 Å². The number of carboxylic acids is 1. The van der Waals surface area contributed by atoms with E-state index in [-0.39, 0.29) is 5.92 Å². The first-order valence-electron chi connectivity index (χ1n) is 3.30. The molecule has 0 aromatic heterocycles. The molecular formula is C7H12NO3. The van der Waals surface area contributed by atoms with Gasteiger partial charge in [0.2, 0.25) is 5.91 Å². The average molecular weight is 158 g/mol. The topological polar surface area (TPSA) is 66.4 Å². The van der Waals surface area contributed by atoms with E-state index in [2.05, 4.69) is 12.2 Å². The molecule has 4 nitrogen and oxygen atoms in total. The number of hydrogen-bond acceptors (Lipinski definition) is 2. The van der Waals surface area contributed by atoms with Gasteiger partial charge in [-0.2, -0.15) is 0 Å². The summed E-state index contributed by atoms with van der Waals surface area (Å²) >= 11 is 0. The number of carbonyl (C=O) groups excluding carboxylic acids is 1. The number of carboxylic acid groups (broad SMARTS) is 1. The molecule has 0 aliphatic heterocycles. The summed E-state index contributed by atoms with van der Waals surface area (Å²) in [5.41, 5.74) is 0. The fourth-order valence-electron chi connectivity index (χ4n) is 0.687. The number of rotatable bonds is 3. The highest BCUT2D eigenvalue weighted by Gasteiger charge is 2.21. The molecule has 0 rings (SSSR count). The Morgan fingerprint density at radius 3 is 2.00 bits per heavy atom. The van der Waals surface area contributed by atoms with E-state index in [1.165, 1.54) is 0 Å². The van der Waals surface area contributed by atoms with Gasteiger partial charge < -0.3 is 10.4 Å². The van der Waals surface area contributed by atoms with Crippen LogP contribution in [0, 0.1) is 12.8 Å². The van der Waals surface area contributed by atoms with Crippen LogP contribution in [0.3, 0.4) is 0 Å². The van der Waals surface area contributed by atoms with Gasteiger partial charge in [-0.15, -0.1) is 0 Å². The summed E-state index contributed by atoms with van der Waals surface area (Å²) in [6, 6.07) is -0.833. The number of aliphatic carboxylic acids is 1. The second kappa shape index (κ2) is 3.95. The third-order valence-electron chi connectivity index (χ3n) is 1.25. The maximum absolute atomic E-state index is 10.4. The fourth-order valence-corrected chi connectivity index (χ4v) is 0.687. The normalized spacial score (nSPS) is 12.7. The Balaban J connectivity index is 4.12. The Morgan fingerprint density at radius 2 is 1.91 bits per heavy atom. The van der Waals surface area contributed by atoms with Gasteiger partial charge in [-0.1, -0.05) is 13.8 Å². The Kier molecular flexibility index (Phi) is 3.57. The molecule has 0 heterocycles. The summed E-state index contributed by atoms with van der Waals surface area (Å²) in [7, 11) is 0. The molecule has 0 aromatic carbocycles. The average Bonchev–Trinajstić information content (AvgIpc) is 1.81. The van der Waals surface area contributed by atoms with Crippen LogP contribution in [0.2, 0.25) is 0 Å². The highest BCUT2D eigenvalue weighted by molar-refractivity contribution is 5.86. The van der Waals surface area contributed by atoms with Crippen molar-refractivity contribution in [3.05, 3.63) is 6.92 Å². The van der Waals surface area contributed by atoms with Crippen molar-refractivity contribution in [2.45, 2.75) is 19.9 Å². The van der Waals surface area contributed by atoms with Crippen LogP contribution in [-0.2, 0) is 9.59 Å². The summed E-state index contributed by atoms with van der Waals surface area (Å²) < 4.78 is 0. The van der Waals surface area contributed by atoms with Crippen LogP contribution in [0.5, 0.6) is 0 Å². The van der Waals surface area contributed by atoms with Crippen molar-refractivity contribution in [2.75, 3.05) is 0 Å². The van der Waals surface area contributed by atoms with Gasteiger partial charge in [-0.05, 0) is 5.92 Å². The Bertz CT molecular complexity index is 165. The molecule has 0 fully saturated rings. The van der Waals surface area contributed by atoms with Gasteiger partial charge in [0.1, 0.15) is 6.04 Å². The largest absolute Gasteiger partial charge is 0.480 e. The molecule has 0 bridgehead atoms. The minimum absolute atomic E-state index is 0.127. The predicted molar refractivity (Wildman–Crippen MR) is 39.8 cm³/mol. The predicted octanol–water partition coefficient (Wildman–Crippen LogP) is 0.0459. The Morgan fingerprint density at radius 1 is 1.45 bits per heavy atom. The molecule has 0 aromatic rings. The molecular weight excluding hydrogens is 146 g/mol. The number of carbonyl (C=O) groups is 2. The fraction of sp³-hybridized carbons (Fsp3) is 0.571. The molecule has 1 radical (unpaired) electrons. The van der Waals surface area contributed by atoms with Crippen LogP contribution < -0.4 is 5.32 Å². The van der Waals surface area contributed by atoms with Crippen molar-refractivity contribution < 1.29 is 14.7 Å². The Hall–Kier alpha value is -1.06. The van der Waals surface area contributed by atoms with E-state index in [0.717, 1.165) is 0 Å². The smallest absolute Gasteiger partial charge is 0.326 e. The van der Waals surface area contributed by atoms with Crippen LogP contribution in [-0.4, -0.2) is 23.0 Å². The van der Waals surface area contributed by atoms with Crippen molar-refractivity contribution >= 4 is 11.9 Å². The summed E-state index contributed by atoms with van der Waals surface area (Å²) in [5.74, 6) is -1.72. The second-order valence-electron chi connectivity index (χ2n) is 2.63. The van der Waals surface area contributed by atoms with E-state index in [1.54, 1.807) is 13.8 Å². The third kappa shape index (κ3) is 3.60. The van der Waals surface area contributed by atoms with Crippen LogP contribution >= 0.6 is 0 Å². The summed E-state index contributed by atoms with van der Waals surface area (Å²) in [5, 5.41) is 10.8. The molecule has 0 spiro atoms. The van der Waals surface area contributed by atoms with Gasteiger partial charge in [0.25, 0.3) is 0 Å². The zero-order valence-corrected chi connectivity index (χ0v) is 6.63. The minimum Gasteiger partial charge on any atom is -0.480 e. The molecule has 11 heavy (non-hydrogen) atoms. The van der Waals surface area contributed by atoms with Crippen LogP contribution in [0.4, 0.5) is 0 Å². The van der Waals surface area contributed by atoms with Crippen molar-refractivity contribution in [2.24, 2.45) is 5.92 Å². The monoisotopic (exact) mass is 158 g/mol. The van der Waals surface area contributed by atoms with Crippen LogP contribution in [0.25, 0.3) is 0 Å². The molecule has 63 valence electrons. The lowest BCUT2D eigenvalue weighted by atomic mass is 10.1. The quantitative estimate of drug-likeness (QED) is 0.609. The molecule has 1 amide bonds. The third-order valence-corrected chi connectivity index (χ3v) is 1.25. The van der Waals surface area contributed by atoms with E-state index >= 15 is 0 Å². The lowest BCUT2D eigenvalue weighted by Gasteiger charge is -2.16. The van der Waals surface area contributed by atoms with E-state index in [9.17, 15) is 9.59 Å². The van der Waals surface area contributed by atoms with E-state index in [1.807, 2.05) is 0 Å². The number of nitrogens with one attached hydrogen (secondary N) is 1. The zero-order chi connectivity index (χ0) is 9.02. The molecule has 1 unspecified atom stereocenters. The van der Waals surface area contributed by atoms with Gasteiger partial charge >= 0.3 is 5.97 Å². The minimum atomic E-state index is -1.03. The lowest BCUT2D eigenvalue weighted by molar-refractivity contribution is -0.142. The number of amides is 1. The highest BCUT2D eigenvalue weighted by atomic mass is 16.4. The number of hydrogen-bond donors (Lipinski definition) is 2.